The Kier molecular flexibility index (Phi) is 5.93. The summed E-state index contributed by atoms with van der Waals surface area (Å²) in [6.07, 6.45) is 1.86. The Morgan fingerprint density at radius 3 is 2.56 bits per heavy atom. The minimum Gasteiger partial charge on any atom is -0.330 e. The maximum Gasteiger partial charge on any atom is 0.0250 e. The number of nitrogens with zero attached hydrogens (tertiary/aromatic N) is 1. The largest absolute Gasteiger partial charge is 0.330 e. The second-order valence-corrected chi connectivity index (χ2v) is 2.10. The second kappa shape index (κ2) is 6.01. The summed E-state index contributed by atoms with van der Waals surface area (Å²) < 4.78 is 0. The van der Waals surface area contributed by atoms with E-state index in [1.165, 1.54) is 5.06 Å². The van der Waals surface area contributed by atoms with E-state index in [2.05, 4.69) is 0 Å². The molecule has 3 heteroatoms. The Morgan fingerprint density at radius 2 is 2.11 bits per heavy atom. The monoisotopic (exact) mass is 132 g/mol. The smallest absolute Gasteiger partial charge is 0.0250 e. The molecule has 0 radical (unpaired) electrons. The number of hydrogen-bond acceptors (Lipinski definition) is 3. The first-order valence-electron chi connectivity index (χ1n) is 3.45. The van der Waals surface area contributed by atoms with E-state index in [0.29, 0.717) is 13.1 Å². The second-order valence-electron chi connectivity index (χ2n) is 2.10. The van der Waals surface area contributed by atoms with Gasteiger partial charge in [-0.25, -0.2) is 0 Å². The first-order chi connectivity index (χ1) is 4.31. The van der Waals surface area contributed by atoms with Gasteiger partial charge in [-0.15, -0.1) is 0 Å². The Bertz CT molecular complexity index is 59.0. The van der Waals surface area contributed by atoms with Crippen molar-refractivity contribution in [2.24, 2.45) is 5.73 Å². The lowest BCUT2D eigenvalue weighted by atomic mass is 10.4. The molecule has 0 unspecified atom stereocenters. The minimum absolute atomic E-state index is 0.654. The molecule has 0 aliphatic heterocycles. The van der Waals surface area contributed by atoms with Gasteiger partial charge in [0.2, 0.25) is 0 Å². The van der Waals surface area contributed by atoms with Crippen LogP contribution in [0.2, 0.25) is 0 Å². The normalized spacial score (nSPS) is 10.7. The molecular formula is C6H16N2O. The zero-order valence-electron chi connectivity index (χ0n) is 6.01. The number of nitrogens with two attached hydrogens (primary N) is 1. The molecular weight excluding hydrogens is 116 g/mol. The van der Waals surface area contributed by atoms with Crippen molar-refractivity contribution in [3.05, 3.63) is 0 Å². The zero-order chi connectivity index (χ0) is 7.11. The van der Waals surface area contributed by atoms with Gasteiger partial charge in [0.05, 0.1) is 0 Å². The van der Waals surface area contributed by atoms with Gasteiger partial charge in [0.1, 0.15) is 0 Å². The fourth-order valence-corrected chi connectivity index (χ4v) is 0.644. The van der Waals surface area contributed by atoms with Crippen molar-refractivity contribution in [1.82, 2.24) is 5.06 Å². The van der Waals surface area contributed by atoms with Crippen LogP contribution < -0.4 is 5.73 Å². The van der Waals surface area contributed by atoms with E-state index in [0.717, 1.165) is 19.4 Å². The van der Waals surface area contributed by atoms with Gasteiger partial charge in [-0.05, 0) is 19.4 Å². The lowest BCUT2D eigenvalue weighted by Crippen LogP contribution is -2.23. The van der Waals surface area contributed by atoms with E-state index < -0.39 is 0 Å². The molecule has 0 aromatic carbocycles. The average molecular weight is 132 g/mol. The van der Waals surface area contributed by atoms with Crippen LogP contribution in [0.3, 0.4) is 0 Å². The summed E-state index contributed by atoms with van der Waals surface area (Å²) in [4.78, 5) is 0. The van der Waals surface area contributed by atoms with E-state index in [1.54, 1.807) is 0 Å². The molecule has 0 atom stereocenters. The Morgan fingerprint density at radius 1 is 1.44 bits per heavy atom. The van der Waals surface area contributed by atoms with Crippen LogP contribution in [0.1, 0.15) is 19.8 Å². The molecule has 0 aromatic heterocycles. The maximum absolute atomic E-state index is 8.96. The topological polar surface area (TPSA) is 49.5 Å². The van der Waals surface area contributed by atoms with Gasteiger partial charge in [0, 0.05) is 13.1 Å². The molecule has 0 aromatic rings. The number of rotatable bonds is 5. The van der Waals surface area contributed by atoms with Crippen LogP contribution in [0.5, 0.6) is 0 Å². The van der Waals surface area contributed by atoms with Crippen molar-refractivity contribution in [2.75, 3.05) is 19.6 Å². The number of hydroxylamine groups is 2. The fraction of sp³-hybridized carbons (Fsp3) is 1.00. The van der Waals surface area contributed by atoms with Gasteiger partial charge >= 0.3 is 0 Å². The summed E-state index contributed by atoms with van der Waals surface area (Å²) in [5.74, 6) is 0. The van der Waals surface area contributed by atoms with Crippen LogP contribution in [0.4, 0.5) is 0 Å². The molecule has 0 saturated heterocycles. The Balaban J connectivity index is 2.95. The van der Waals surface area contributed by atoms with Crippen LogP contribution in [0.25, 0.3) is 0 Å². The molecule has 0 fully saturated rings. The third-order valence-electron chi connectivity index (χ3n) is 1.10. The van der Waals surface area contributed by atoms with Crippen molar-refractivity contribution in [1.29, 1.82) is 0 Å². The Labute approximate surface area is 56.4 Å². The third kappa shape index (κ3) is 5.76. The van der Waals surface area contributed by atoms with Crippen LogP contribution in [0, 0.1) is 0 Å². The quantitative estimate of drug-likeness (QED) is 0.533. The minimum atomic E-state index is 0.654. The molecule has 0 saturated carbocycles. The predicted octanol–water partition coefficient (Wildman–Crippen LogP) is 0.436. The van der Waals surface area contributed by atoms with Gasteiger partial charge in [-0.2, -0.15) is 5.06 Å². The van der Waals surface area contributed by atoms with Crippen LogP contribution in [-0.4, -0.2) is 29.9 Å². The molecule has 0 heterocycles. The maximum atomic E-state index is 8.96. The summed E-state index contributed by atoms with van der Waals surface area (Å²) in [5, 5.41) is 10.3. The van der Waals surface area contributed by atoms with Crippen molar-refractivity contribution in [2.45, 2.75) is 19.8 Å². The van der Waals surface area contributed by atoms with Crippen molar-refractivity contribution < 1.29 is 5.21 Å². The first-order valence-corrected chi connectivity index (χ1v) is 3.45. The molecule has 56 valence electrons. The SMILES string of the molecule is CCCN(O)CCCN. The fourth-order valence-electron chi connectivity index (χ4n) is 0.644. The van der Waals surface area contributed by atoms with Crippen molar-refractivity contribution in [3.8, 4) is 0 Å². The van der Waals surface area contributed by atoms with Crippen LogP contribution in [-0.2, 0) is 0 Å². The average Bonchev–Trinajstić information content (AvgIpc) is 1.85. The summed E-state index contributed by atoms with van der Waals surface area (Å²) in [5.41, 5.74) is 5.24. The highest BCUT2D eigenvalue weighted by atomic mass is 16.5. The summed E-state index contributed by atoms with van der Waals surface area (Å²) in [7, 11) is 0. The summed E-state index contributed by atoms with van der Waals surface area (Å²) in [6, 6.07) is 0. The van der Waals surface area contributed by atoms with E-state index >= 15 is 0 Å². The van der Waals surface area contributed by atoms with Gasteiger partial charge < -0.3 is 10.9 Å². The predicted molar refractivity (Wildman–Crippen MR) is 37.3 cm³/mol. The Hall–Kier alpha value is -0.120. The molecule has 3 N–H and O–H groups in total. The van der Waals surface area contributed by atoms with Gasteiger partial charge in [-0.1, -0.05) is 6.92 Å². The lowest BCUT2D eigenvalue weighted by molar-refractivity contribution is -0.0904. The molecule has 0 aliphatic rings. The van der Waals surface area contributed by atoms with Gasteiger partial charge in [-0.3, -0.25) is 0 Å². The standard InChI is InChI=1S/C6H16N2O/c1-2-5-8(9)6-3-4-7/h9H,2-7H2,1H3. The van der Waals surface area contributed by atoms with Crippen LogP contribution >= 0.6 is 0 Å². The molecule has 0 aliphatic carbocycles. The summed E-state index contributed by atoms with van der Waals surface area (Å²) >= 11 is 0. The molecule has 0 rings (SSSR count). The van der Waals surface area contributed by atoms with Gasteiger partial charge in [0.15, 0.2) is 0 Å². The molecule has 3 nitrogen and oxygen atoms in total. The lowest BCUT2D eigenvalue weighted by Gasteiger charge is -2.11. The highest BCUT2D eigenvalue weighted by molar-refractivity contribution is 4.44. The van der Waals surface area contributed by atoms with E-state index in [9.17, 15) is 0 Å². The summed E-state index contributed by atoms with van der Waals surface area (Å²) in [6.45, 7) is 4.14. The first kappa shape index (κ1) is 8.88. The third-order valence-corrected chi connectivity index (χ3v) is 1.10. The van der Waals surface area contributed by atoms with E-state index in [-0.39, 0.29) is 0 Å². The highest BCUT2D eigenvalue weighted by Gasteiger charge is 1.94. The van der Waals surface area contributed by atoms with E-state index in [4.69, 9.17) is 10.9 Å². The highest BCUT2D eigenvalue weighted by Crippen LogP contribution is 1.86. The molecule has 0 bridgehead atoms. The van der Waals surface area contributed by atoms with Gasteiger partial charge in [0.25, 0.3) is 0 Å². The number of hydrogen-bond donors (Lipinski definition) is 2. The van der Waals surface area contributed by atoms with Crippen LogP contribution in [0.15, 0.2) is 0 Å². The van der Waals surface area contributed by atoms with Crippen molar-refractivity contribution in [3.63, 3.8) is 0 Å². The molecule has 9 heavy (non-hydrogen) atoms. The molecule has 0 spiro atoms. The molecule has 0 amide bonds. The van der Waals surface area contributed by atoms with E-state index in [1.807, 2.05) is 6.92 Å². The zero-order valence-corrected chi connectivity index (χ0v) is 6.01. The van der Waals surface area contributed by atoms with Crippen molar-refractivity contribution >= 4 is 0 Å².